The smallest absolute Gasteiger partial charge is 0.325 e. The molecule has 0 atom stereocenters. The molecule has 2 N–H and O–H groups in total. The van der Waals surface area contributed by atoms with Gasteiger partial charge in [-0.2, -0.15) is 5.10 Å². The molecule has 1 aromatic heterocycles. The highest BCUT2D eigenvalue weighted by atomic mass is 35.5. The third kappa shape index (κ3) is 8.06. The van der Waals surface area contributed by atoms with E-state index in [4.69, 9.17) is 16.3 Å². The summed E-state index contributed by atoms with van der Waals surface area (Å²) >= 11 is 6.02. The Labute approximate surface area is 205 Å². The second-order valence-electron chi connectivity index (χ2n) is 8.84. The van der Waals surface area contributed by atoms with Crippen LogP contribution in [0.1, 0.15) is 53.2 Å². The number of urea groups is 1. The molecule has 0 bridgehead atoms. The summed E-state index contributed by atoms with van der Waals surface area (Å²) in [6, 6.07) is 8.45. The molecule has 0 unspecified atom stereocenters. The Morgan fingerprint density at radius 2 is 1.82 bits per heavy atom. The predicted octanol–water partition coefficient (Wildman–Crippen LogP) is 4.14. The van der Waals surface area contributed by atoms with Crippen LogP contribution >= 0.6 is 11.6 Å². The molecule has 2 rings (SSSR count). The normalized spacial score (nSPS) is 11.1. The van der Waals surface area contributed by atoms with Gasteiger partial charge in [-0.15, -0.1) is 0 Å². The largest absolute Gasteiger partial charge is 0.465 e. The highest BCUT2D eigenvalue weighted by Gasteiger charge is 2.23. The number of amides is 3. The molecule has 34 heavy (non-hydrogen) atoms. The van der Waals surface area contributed by atoms with Crippen LogP contribution in [-0.4, -0.2) is 58.8 Å². The molecule has 0 spiro atoms. The van der Waals surface area contributed by atoms with E-state index in [-0.39, 0.29) is 31.0 Å². The number of carbonyl (C=O) groups is 3. The van der Waals surface area contributed by atoms with Crippen molar-refractivity contribution in [2.24, 2.45) is 0 Å². The lowest BCUT2D eigenvalue weighted by Gasteiger charge is -2.22. The lowest BCUT2D eigenvalue weighted by molar-refractivity contribution is -0.141. The summed E-state index contributed by atoms with van der Waals surface area (Å²) in [6.45, 7) is 9.97. The molecule has 3 amide bonds. The number of aromatic nitrogens is 2. The van der Waals surface area contributed by atoms with Gasteiger partial charge in [0.15, 0.2) is 0 Å². The van der Waals surface area contributed by atoms with Crippen LogP contribution in [0.4, 0.5) is 10.6 Å². The van der Waals surface area contributed by atoms with Gasteiger partial charge in [0.25, 0.3) is 0 Å². The minimum absolute atomic E-state index is 0.175. The molecule has 9 nitrogen and oxygen atoms in total. The number of benzene rings is 1. The van der Waals surface area contributed by atoms with E-state index in [1.165, 1.54) is 4.90 Å². The summed E-state index contributed by atoms with van der Waals surface area (Å²) in [5.41, 5.74) is 1.30. The average molecular weight is 492 g/mol. The van der Waals surface area contributed by atoms with E-state index >= 15 is 0 Å². The Kier molecular flexibility index (Phi) is 9.92. The van der Waals surface area contributed by atoms with Crippen LogP contribution < -0.4 is 10.6 Å². The van der Waals surface area contributed by atoms with Gasteiger partial charge >= 0.3 is 12.0 Å². The van der Waals surface area contributed by atoms with Gasteiger partial charge in [0.2, 0.25) is 5.91 Å². The number of carbonyl (C=O) groups excluding carboxylic acids is 3. The number of hydrogen-bond donors (Lipinski definition) is 2. The van der Waals surface area contributed by atoms with Gasteiger partial charge < -0.3 is 20.3 Å². The number of anilines is 1. The van der Waals surface area contributed by atoms with Crippen molar-refractivity contribution in [3.05, 3.63) is 41.0 Å². The molecule has 0 saturated heterocycles. The monoisotopic (exact) mass is 491 g/mol. The van der Waals surface area contributed by atoms with E-state index in [9.17, 15) is 14.4 Å². The molecule has 1 heterocycles. The van der Waals surface area contributed by atoms with Crippen LogP contribution in [0.3, 0.4) is 0 Å². The Morgan fingerprint density at radius 1 is 1.15 bits per heavy atom. The minimum atomic E-state index is -0.530. The molecule has 10 heteroatoms. The molecule has 0 aliphatic carbocycles. The van der Waals surface area contributed by atoms with Crippen LogP contribution in [0.2, 0.25) is 5.02 Å². The van der Waals surface area contributed by atoms with E-state index in [0.29, 0.717) is 17.4 Å². The number of rotatable bonds is 10. The van der Waals surface area contributed by atoms with Crippen molar-refractivity contribution in [2.75, 3.05) is 31.6 Å². The van der Waals surface area contributed by atoms with Gasteiger partial charge in [0.05, 0.1) is 18.0 Å². The Balaban J connectivity index is 2.19. The lowest BCUT2D eigenvalue weighted by Crippen LogP contribution is -2.46. The highest BCUT2D eigenvalue weighted by molar-refractivity contribution is 6.30. The first-order valence-corrected chi connectivity index (χ1v) is 11.8. The zero-order valence-electron chi connectivity index (χ0n) is 20.5. The fourth-order valence-electron chi connectivity index (χ4n) is 3.04. The van der Waals surface area contributed by atoms with Gasteiger partial charge in [-0.25, -0.2) is 9.48 Å². The number of nitrogens with one attached hydrogen (secondary N) is 2. The van der Waals surface area contributed by atoms with E-state index in [0.717, 1.165) is 24.2 Å². The van der Waals surface area contributed by atoms with Crippen molar-refractivity contribution in [3.8, 4) is 5.69 Å². The molecule has 0 aliphatic heterocycles. The standard InChI is InChI=1S/C24H34ClN5O4/c1-6-8-13-29(23(33)26-15-22(32)34-7-2)16-21(31)27-20-14-19(24(3,4)5)28-30(20)18-11-9-17(25)10-12-18/h9-12,14H,6-8,13,15-16H2,1-5H3,(H,26,33)(H,27,31). The fourth-order valence-corrected chi connectivity index (χ4v) is 3.17. The van der Waals surface area contributed by atoms with Crippen molar-refractivity contribution < 1.29 is 19.1 Å². The Morgan fingerprint density at radius 3 is 2.41 bits per heavy atom. The maximum atomic E-state index is 12.9. The third-order valence-corrected chi connectivity index (χ3v) is 5.16. The van der Waals surface area contributed by atoms with Crippen LogP contribution in [-0.2, 0) is 19.7 Å². The second-order valence-corrected chi connectivity index (χ2v) is 9.28. The summed E-state index contributed by atoms with van der Waals surface area (Å²) < 4.78 is 6.48. The molecule has 0 fully saturated rings. The SMILES string of the molecule is CCCCN(CC(=O)Nc1cc(C(C)(C)C)nn1-c1ccc(Cl)cc1)C(=O)NCC(=O)OCC. The summed E-state index contributed by atoms with van der Waals surface area (Å²) in [6.07, 6.45) is 1.57. The van der Waals surface area contributed by atoms with Crippen molar-refractivity contribution >= 4 is 35.3 Å². The molecule has 0 aliphatic rings. The average Bonchev–Trinajstić information content (AvgIpc) is 3.19. The molecule has 1 aromatic carbocycles. The van der Waals surface area contributed by atoms with E-state index < -0.39 is 12.0 Å². The molecule has 186 valence electrons. The molecule has 0 radical (unpaired) electrons. The van der Waals surface area contributed by atoms with Crippen molar-refractivity contribution in [2.45, 2.75) is 52.9 Å². The van der Waals surface area contributed by atoms with Crippen LogP contribution in [0.15, 0.2) is 30.3 Å². The first-order chi connectivity index (χ1) is 16.0. The summed E-state index contributed by atoms with van der Waals surface area (Å²) in [5, 5.41) is 10.7. The molecular weight excluding hydrogens is 458 g/mol. The number of unbranched alkanes of at least 4 members (excludes halogenated alkanes) is 1. The van der Waals surface area contributed by atoms with Gasteiger partial charge in [-0.3, -0.25) is 9.59 Å². The molecule has 0 saturated carbocycles. The van der Waals surface area contributed by atoms with E-state index in [1.54, 1.807) is 23.7 Å². The topological polar surface area (TPSA) is 106 Å². The van der Waals surface area contributed by atoms with E-state index in [2.05, 4.69) is 15.7 Å². The first kappa shape index (κ1) is 27.2. The number of nitrogens with zero attached hydrogens (tertiary/aromatic N) is 3. The molecular formula is C24H34ClN5O4. The number of hydrogen-bond acceptors (Lipinski definition) is 5. The van der Waals surface area contributed by atoms with Gasteiger partial charge in [-0.05, 0) is 37.6 Å². The maximum absolute atomic E-state index is 12.9. The minimum Gasteiger partial charge on any atom is -0.465 e. The Bertz CT molecular complexity index is 982. The quantitative estimate of drug-likeness (QED) is 0.486. The van der Waals surface area contributed by atoms with Crippen molar-refractivity contribution in [3.63, 3.8) is 0 Å². The highest BCUT2D eigenvalue weighted by Crippen LogP contribution is 2.26. The van der Waals surface area contributed by atoms with Gasteiger partial charge in [0.1, 0.15) is 18.9 Å². The maximum Gasteiger partial charge on any atom is 0.325 e. The lowest BCUT2D eigenvalue weighted by atomic mass is 9.92. The van der Waals surface area contributed by atoms with Crippen LogP contribution in [0, 0.1) is 0 Å². The number of esters is 1. The second kappa shape index (κ2) is 12.4. The summed E-state index contributed by atoms with van der Waals surface area (Å²) in [4.78, 5) is 38.5. The Hall–Kier alpha value is -3.07. The van der Waals surface area contributed by atoms with E-state index in [1.807, 2.05) is 45.9 Å². The number of halogens is 1. The molecule has 2 aromatic rings. The van der Waals surface area contributed by atoms with Gasteiger partial charge in [0, 0.05) is 23.0 Å². The van der Waals surface area contributed by atoms with Crippen LogP contribution in [0.5, 0.6) is 0 Å². The van der Waals surface area contributed by atoms with Crippen LogP contribution in [0.25, 0.3) is 5.69 Å². The number of ether oxygens (including phenoxy) is 1. The summed E-state index contributed by atoms with van der Waals surface area (Å²) in [5.74, 6) is -0.421. The first-order valence-electron chi connectivity index (χ1n) is 11.4. The summed E-state index contributed by atoms with van der Waals surface area (Å²) in [7, 11) is 0. The zero-order valence-corrected chi connectivity index (χ0v) is 21.2. The van der Waals surface area contributed by atoms with Crippen molar-refractivity contribution in [1.82, 2.24) is 20.0 Å². The fraction of sp³-hybridized carbons (Fsp3) is 0.500. The third-order valence-electron chi connectivity index (χ3n) is 4.91. The predicted molar refractivity (Wildman–Crippen MR) is 132 cm³/mol. The van der Waals surface area contributed by atoms with Crippen molar-refractivity contribution in [1.29, 1.82) is 0 Å². The van der Waals surface area contributed by atoms with Gasteiger partial charge in [-0.1, -0.05) is 45.7 Å². The zero-order chi connectivity index (χ0) is 25.3.